The number of hydrogen-bond donors (Lipinski definition) is 1. The molecule has 3 aromatic rings. The van der Waals surface area contributed by atoms with Gasteiger partial charge in [-0.15, -0.1) is 0 Å². The molecule has 1 heterocycles. The molecular weight excluding hydrogens is 350 g/mol. The Bertz CT molecular complexity index is 1070. The molecule has 4 rings (SSSR count). The fourth-order valence-electron chi connectivity index (χ4n) is 3.33. The molecule has 0 aromatic heterocycles. The van der Waals surface area contributed by atoms with Gasteiger partial charge in [0.2, 0.25) is 5.91 Å². The van der Waals surface area contributed by atoms with Crippen LogP contribution < -0.4 is 10.1 Å². The standard InChI is InChI=1S/C24H19NO3/c1-16(26)25-19-11-7-8-17(14-19)15-21-23(27)20-12-5-6-13-22(20)28-24(21)18-9-3-2-4-10-18/h2-15,24H,1H3,(H,25,26)/b21-15+. The van der Waals surface area contributed by atoms with Gasteiger partial charge >= 0.3 is 0 Å². The summed E-state index contributed by atoms with van der Waals surface area (Å²) >= 11 is 0. The Labute approximate surface area is 163 Å². The lowest BCUT2D eigenvalue weighted by Gasteiger charge is -2.28. The van der Waals surface area contributed by atoms with Crippen molar-refractivity contribution in [3.8, 4) is 5.75 Å². The summed E-state index contributed by atoms with van der Waals surface area (Å²) in [5.74, 6) is 0.393. The van der Waals surface area contributed by atoms with Crippen molar-refractivity contribution >= 4 is 23.5 Å². The molecule has 1 atom stereocenters. The van der Waals surface area contributed by atoms with Gasteiger partial charge in [-0.2, -0.15) is 0 Å². The summed E-state index contributed by atoms with van der Waals surface area (Å²) in [5, 5.41) is 2.77. The monoisotopic (exact) mass is 369 g/mol. The lowest BCUT2D eigenvalue weighted by molar-refractivity contribution is -0.114. The van der Waals surface area contributed by atoms with Crippen LogP contribution in [0.4, 0.5) is 5.69 Å². The molecule has 3 aromatic carbocycles. The predicted octanol–water partition coefficient (Wildman–Crippen LogP) is 5.05. The topological polar surface area (TPSA) is 55.4 Å². The van der Waals surface area contributed by atoms with E-state index in [1.54, 1.807) is 6.07 Å². The van der Waals surface area contributed by atoms with Crippen LogP contribution in [-0.2, 0) is 4.79 Å². The van der Waals surface area contributed by atoms with Crippen LogP contribution >= 0.6 is 0 Å². The number of ketones is 1. The summed E-state index contributed by atoms with van der Waals surface area (Å²) in [6.45, 7) is 1.46. The molecule has 4 heteroatoms. The molecule has 28 heavy (non-hydrogen) atoms. The highest BCUT2D eigenvalue weighted by molar-refractivity contribution is 6.14. The van der Waals surface area contributed by atoms with Crippen molar-refractivity contribution in [3.05, 3.63) is 101 Å². The van der Waals surface area contributed by atoms with E-state index >= 15 is 0 Å². The molecule has 1 aliphatic rings. The lowest BCUT2D eigenvalue weighted by atomic mass is 9.89. The molecule has 0 saturated heterocycles. The fourth-order valence-corrected chi connectivity index (χ4v) is 3.33. The van der Waals surface area contributed by atoms with Crippen molar-refractivity contribution in [2.45, 2.75) is 13.0 Å². The van der Waals surface area contributed by atoms with Crippen molar-refractivity contribution < 1.29 is 14.3 Å². The second-order valence-corrected chi connectivity index (χ2v) is 6.64. The van der Waals surface area contributed by atoms with Crippen LogP contribution in [0.2, 0.25) is 0 Å². The van der Waals surface area contributed by atoms with Gasteiger partial charge in [0.15, 0.2) is 11.9 Å². The zero-order chi connectivity index (χ0) is 19.5. The lowest BCUT2D eigenvalue weighted by Crippen LogP contribution is -2.23. The van der Waals surface area contributed by atoms with Crippen LogP contribution in [0, 0.1) is 0 Å². The van der Waals surface area contributed by atoms with Crippen LogP contribution in [-0.4, -0.2) is 11.7 Å². The highest BCUT2D eigenvalue weighted by Crippen LogP contribution is 2.39. The van der Waals surface area contributed by atoms with Gasteiger partial charge in [0.25, 0.3) is 0 Å². The maximum Gasteiger partial charge on any atom is 0.221 e. The molecule has 0 spiro atoms. The minimum absolute atomic E-state index is 0.0550. The van der Waals surface area contributed by atoms with Crippen LogP contribution in [0.3, 0.4) is 0 Å². The number of carbonyl (C=O) groups excluding carboxylic acids is 2. The van der Waals surface area contributed by atoms with E-state index in [4.69, 9.17) is 4.74 Å². The summed E-state index contributed by atoms with van der Waals surface area (Å²) in [7, 11) is 0. The van der Waals surface area contributed by atoms with Gasteiger partial charge in [0, 0.05) is 18.2 Å². The van der Waals surface area contributed by atoms with E-state index in [0.29, 0.717) is 22.6 Å². The molecule has 0 bridgehead atoms. The minimum Gasteiger partial charge on any atom is -0.480 e. The first kappa shape index (κ1) is 17.7. The Balaban J connectivity index is 1.81. The Morgan fingerprint density at radius 1 is 0.964 bits per heavy atom. The smallest absolute Gasteiger partial charge is 0.221 e. The van der Waals surface area contributed by atoms with E-state index in [-0.39, 0.29) is 11.7 Å². The molecule has 1 amide bonds. The molecule has 1 N–H and O–H groups in total. The van der Waals surface area contributed by atoms with Gasteiger partial charge in [0.05, 0.1) is 5.56 Å². The largest absolute Gasteiger partial charge is 0.480 e. The summed E-state index contributed by atoms with van der Waals surface area (Å²) in [6.07, 6.45) is 1.34. The first-order valence-corrected chi connectivity index (χ1v) is 9.06. The van der Waals surface area contributed by atoms with E-state index in [1.165, 1.54) is 6.92 Å². The minimum atomic E-state index is -0.493. The summed E-state index contributed by atoms with van der Waals surface area (Å²) in [6, 6.07) is 24.4. The van der Waals surface area contributed by atoms with Gasteiger partial charge in [-0.1, -0.05) is 54.6 Å². The second-order valence-electron chi connectivity index (χ2n) is 6.64. The Hall–Kier alpha value is -3.66. The maximum atomic E-state index is 13.2. The Morgan fingerprint density at radius 3 is 2.50 bits per heavy atom. The molecule has 4 nitrogen and oxygen atoms in total. The van der Waals surface area contributed by atoms with Gasteiger partial charge in [0.1, 0.15) is 5.75 Å². The van der Waals surface area contributed by atoms with E-state index in [0.717, 1.165) is 11.1 Å². The first-order chi connectivity index (χ1) is 13.6. The Kier molecular flexibility index (Phi) is 4.77. The SMILES string of the molecule is CC(=O)Nc1cccc(/C=C2\C(=O)c3ccccc3OC2c2ccccc2)c1. The van der Waals surface area contributed by atoms with E-state index in [2.05, 4.69) is 5.32 Å². The number of carbonyl (C=O) groups is 2. The van der Waals surface area contributed by atoms with Crippen molar-refractivity contribution in [2.24, 2.45) is 0 Å². The third-order valence-corrected chi connectivity index (χ3v) is 4.55. The number of anilines is 1. The second kappa shape index (κ2) is 7.53. The van der Waals surface area contributed by atoms with Gasteiger partial charge < -0.3 is 10.1 Å². The number of Topliss-reactive ketones (excluding diaryl/α,β-unsaturated/α-hetero) is 1. The number of amides is 1. The average molecular weight is 369 g/mol. The Morgan fingerprint density at radius 2 is 1.71 bits per heavy atom. The summed E-state index contributed by atoms with van der Waals surface area (Å²) in [4.78, 5) is 24.6. The summed E-state index contributed by atoms with van der Waals surface area (Å²) in [5.41, 5.74) is 3.53. The third kappa shape index (κ3) is 3.58. The molecule has 0 radical (unpaired) electrons. The van der Waals surface area contributed by atoms with Gasteiger partial charge in [-0.05, 0) is 41.5 Å². The zero-order valence-corrected chi connectivity index (χ0v) is 15.4. The number of benzene rings is 3. The van der Waals surface area contributed by atoms with Crippen LogP contribution in [0.15, 0.2) is 84.4 Å². The van der Waals surface area contributed by atoms with E-state index in [9.17, 15) is 9.59 Å². The van der Waals surface area contributed by atoms with Crippen molar-refractivity contribution in [1.29, 1.82) is 0 Å². The maximum absolute atomic E-state index is 13.2. The van der Waals surface area contributed by atoms with E-state index in [1.807, 2.05) is 78.9 Å². The first-order valence-electron chi connectivity index (χ1n) is 9.06. The number of nitrogens with one attached hydrogen (secondary N) is 1. The highest BCUT2D eigenvalue weighted by atomic mass is 16.5. The highest BCUT2D eigenvalue weighted by Gasteiger charge is 2.32. The molecular formula is C24H19NO3. The van der Waals surface area contributed by atoms with Gasteiger partial charge in [-0.3, -0.25) is 9.59 Å². The number of hydrogen-bond acceptors (Lipinski definition) is 3. The van der Waals surface area contributed by atoms with Crippen molar-refractivity contribution in [1.82, 2.24) is 0 Å². The predicted molar refractivity (Wildman–Crippen MR) is 109 cm³/mol. The number of ether oxygens (including phenoxy) is 1. The van der Waals surface area contributed by atoms with Crippen LogP contribution in [0.25, 0.3) is 6.08 Å². The quantitative estimate of drug-likeness (QED) is 0.658. The molecule has 0 fully saturated rings. The molecule has 0 aliphatic carbocycles. The number of fused-ring (bicyclic) bond motifs is 1. The van der Waals surface area contributed by atoms with Crippen LogP contribution in [0.1, 0.15) is 34.5 Å². The molecule has 138 valence electrons. The van der Waals surface area contributed by atoms with Crippen molar-refractivity contribution in [3.63, 3.8) is 0 Å². The van der Waals surface area contributed by atoms with Gasteiger partial charge in [-0.25, -0.2) is 0 Å². The van der Waals surface area contributed by atoms with E-state index < -0.39 is 6.10 Å². The van der Waals surface area contributed by atoms with Crippen molar-refractivity contribution in [2.75, 3.05) is 5.32 Å². The molecule has 1 aliphatic heterocycles. The zero-order valence-electron chi connectivity index (χ0n) is 15.4. The fraction of sp³-hybridized carbons (Fsp3) is 0.0833. The average Bonchev–Trinajstić information content (AvgIpc) is 2.70. The molecule has 1 unspecified atom stereocenters. The normalized spacial score (nSPS) is 17.0. The summed E-state index contributed by atoms with van der Waals surface area (Å²) < 4.78 is 6.21. The third-order valence-electron chi connectivity index (χ3n) is 4.55. The molecule has 0 saturated carbocycles. The van der Waals surface area contributed by atoms with Crippen LogP contribution in [0.5, 0.6) is 5.75 Å². The number of para-hydroxylation sites is 1. The number of rotatable bonds is 3.